The van der Waals surface area contributed by atoms with Gasteiger partial charge in [0.15, 0.2) is 0 Å². The summed E-state index contributed by atoms with van der Waals surface area (Å²) in [6.07, 6.45) is -0.0804. The summed E-state index contributed by atoms with van der Waals surface area (Å²) in [5, 5.41) is 13.8. The number of alkyl carbamates (subject to hydrolysis) is 1. The molecule has 0 fully saturated rings. The third-order valence-corrected chi connectivity index (χ3v) is 2.83. The van der Waals surface area contributed by atoms with Crippen LogP contribution in [0.25, 0.3) is 0 Å². The summed E-state index contributed by atoms with van der Waals surface area (Å²) in [6.45, 7) is 5.51. The van der Waals surface area contributed by atoms with Crippen LogP contribution in [0.5, 0.6) is 0 Å². The minimum atomic E-state index is -0.758. The van der Waals surface area contributed by atoms with Gasteiger partial charge in [0.1, 0.15) is 11.6 Å². The quantitative estimate of drug-likeness (QED) is 0.786. The number of carbonyl (C=O) groups excluding carboxylic acids is 2. The monoisotopic (exact) mass is 317 g/mol. The van der Waals surface area contributed by atoms with E-state index in [-0.39, 0.29) is 18.9 Å². The van der Waals surface area contributed by atoms with Crippen molar-refractivity contribution in [1.29, 1.82) is 5.26 Å². The van der Waals surface area contributed by atoms with Crippen LogP contribution in [0.15, 0.2) is 30.3 Å². The molecule has 6 heteroatoms. The number of carbonyl (C=O) groups is 2. The lowest BCUT2D eigenvalue weighted by atomic mass is 10.1. The Labute approximate surface area is 136 Å². The Kier molecular flexibility index (Phi) is 7.07. The minimum Gasteiger partial charge on any atom is -0.444 e. The van der Waals surface area contributed by atoms with Crippen molar-refractivity contribution in [1.82, 2.24) is 10.6 Å². The molecule has 0 heterocycles. The number of hydrogen-bond donors (Lipinski definition) is 2. The van der Waals surface area contributed by atoms with Crippen molar-refractivity contribution in [3.8, 4) is 6.07 Å². The van der Waals surface area contributed by atoms with Gasteiger partial charge in [-0.3, -0.25) is 4.79 Å². The number of benzene rings is 1. The van der Waals surface area contributed by atoms with Gasteiger partial charge in [-0.25, -0.2) is 4.79 Å². The Morgan fingerprint density at radius 3 is 2.48 bits per heavy atom. The zero-order chi connectivity index (χ0) is 17.3. The normalized spacial score (nSPS) is 11.9. The van der Waals surface area contributed by atoms with Gasteiger partial charge in [-0.2, -0.15) is 5.26 Å². The zero-order valence-corrected chi connectivity index (χ0v) is 13.8. The number of nitrogens with one attached hydrogen (secondary N) is 2. The summed E-state index contributed by atoms with van der Waals surface area (Å²) in [5.41, 5.74) is 0.280. The molecule has 0 aromatic heterocycles. The van der Waals surface area contributed by atoms with Crippen LogP contribution in [0.4, 0.5) is 4.79 Å². The first kappa shape index (κ1) is 18.5. The van der Waals surface area contributed by atoms with Gasteiger partial charge >= 0.3 is 6.09 Å². The average molecular weight is 317 g/mol. The second-order valence-corrected chi connectivity index (χ2v) is 6.09. The van der Waals surface area contributed by atoms with Crippen LogP contribution < -0.4 is 10.6 Å². The third-order valence-electron chi connectivity index (χ3n) is 2.83. The molecular weight excluding hydrogens is 294 g/mol. The molecule has 1 atom stereocenters. The van der Waals surface area contributed by atoms with Crippen LogP contribution in [0.3, 0.4) is 0 Å². The number of nitriles is 1. The predicted octanol–water partition coefficient (Wildman–Crippen LogP) is 2.15. The fourth-order valence-electron chi connectivity index (χ4n) is 1.87. The van der Waals surface area contributed by atoms with Crippen molar-refractivity contribution < 1.29 is 14.3 Å². The van der Waals surface area contributed by atoms with Crippen molar-refractivity contribution in [3.63, 3.8) is 0 Å². The highest BCUT2D eigenvalue weighted by molar-refractivity contribution is 5.86. The van der Waals surface area contributed by atoms with Crippen LogP contribution >= 0.6 is 0 Å². The molecule has 0 saturated carbocycles. The van der Waals surface area contributed by atoms with Gasteiger partial charge in [0.05, 0.1) is 12.5 Å². The summed E-state index contributed by atoms with van der Waals surface area (Å²) in [4.78, 5) is 24.2. The average Bonchev–Trinajstić information content (AvgIpc) is 2.46. The van der Waals surface area contributed by atoms with Crippen LogP contribution in [-0.2, 0) is 16.0 Å². The molecule has 0 aliphatic rings. The molecular formula is C17H23N3O3. The van der Waals surface area contributed by atoms with Crippen molar-refractivity contribution in [2.75, 3.05) is 6.54 Å². The molecule has 0 unspecified atom stereocenters. The van der Waals surface area contributed by atoms with Gasteiger partial charge in [0, 0.05) is 13.0 Å². The maximum atomic E-state index is 12.2. The molecule has 6 nitrogen and oxygen atoms in total. The zero-order valence-electron chi connectivity index (χ0n) is 13.8. The van der Waals surface area contributed by atoms with Crippen LogP contribution in [0.2, 0.25) is 0 Å². The van der Waals surface area contributed by atoms with Gasteiger partial charge < -0.3 is 15.4 Å². The largest absolute Gasteiger partial charge is 0.444 e. The van der Waals surface area contributed by atoms with E-state index in [4.69, 9.17) is 10.00 Å². The van der Waals surface area contributed by atoms with Crippen molar-refractivity contribution in [2.24, 2.45) is 0 Å². The van der Waals surface area contributed by atoms with Gasteiger partial charge in [-0.05, 0) is 26.3 Å². The van der Waals surface area contributed by atoms with E-state index in [9.17, 15) is 9.59 Å². The van der Waals surface area contributed by atoms with E-state index < -0.39 is 17.7 Å². The fraction of sp³-hybridized carbons (Fsp3) is 0.471. The molecule has 1 rings (SSSR count). The summed E-state index contributed by atoms with van der Waals surface area (Å²) in [7, 11) is 0. The Morgan fingerprint density at radius 1 is 1.26 bits per heavy atom. The molecule has 0 aliphatic heterocycles. The molecule has 0 saturated heterocycles. The first-order valence-corrected chi connectivity index (χ1v) is 7.50. The highest BCUT2D eigenvalue weighted by atomic mass is 16.6. The molecule has 2 N–H and O–H groups in total. The fourth-order valence-corrected chi connectivity index (χ4v) is 1.87. The molecule has 1 aromatic carbocycles. The molecule has 124 valence electrons. The lowest BCUT2D eigenvalue weighted by Crippen LogP contribution is -2.49. The highest BCUT2D eigenvalue weighted by Gasteiger charge is 2.24. The van der Waals surface area contributed by atoms with Gasteiger partial charge in [-0.15, -0.1) is 0 Å². The molecule has 1 aromatic rings. The second-order valence-electron chi connectivity index (χ2n) is 6.09. The van der Waals surface area contributed by atoms with Crippen LogP contribution in [0.1, 0.15) is 32.8 Å². The summed E-state index contributed by atoms with van der Waals surface area (Å²) < 4.78 is 5.20. The Hall–Kier alpha value is -2.55. The Balaban J connectivity index is 2.73. The molecule has 0 radical (unpaired) electrons. The minimum absolute atomic E-state index is 0.218. The number of amides is 2. The third kappa shape index (κ3) is 7.86. The lowest BCUT2D eigenvalue weighted by molar-refractivity contribution is -0.123. The molecule has 0 bridgehead atoms. The first-order chi connectivity index (χ1) is 10.8. The predicted molar refractivity (Wildman–Crippen MR) is 86.5 cm³/mol. The van der Waals surface area contributed by atoms with Crippen LogP contribution in [0, 0.1) is 11.3 Å². The lowest BCUT2D eigenvalue weighted by Gasteiger charge is -2.23. The topological polar surface area (TPSA) is 91.2 Å². The van der Waals surface area contributed by atoms with E-state index in [0.717, 1.165) is 5.56 Å². The maximum Gasteiger partial charge on any atom is 0.408 e. The van der Waals surface area contributed by atoms with Gasteiger partial charge in [0.2, 0.25) is 5.91 Å². The second kappa shape index (κ2) is 8.79. The number of rotatable bonds is 6. The van der Waals surface area contributed by atoms with Gasteiger partial charge in [0.25, 0.3) is 0 Å². The van der Waals surface area contributed by atoms with Crippen molar-refractivity contribution in [3.05, 3.63) is 35.9 Å². The first-order valence-electron chi connectivity index (χ1n) is 7.50. The molecule has 0 aliphatic carbocycles. The maximum absolute atomic E-state index is 12.2. The number of ether oxygens (including phenoxy) is 1. The molecule has 0 spiro atoms. The molecule has 2 amide bonds. The Bertz CT molecular complexity index is 559. The smallest absolute Gasteiger partial charge is 0.408 e. The standard InChI is InChI=1S/C17H23N3O3/c1-17(2,3)23-16(22)20-14(15(21)19-11-7-10-18)12-13-8-5-4-6-9-13/h4-6,8-9,14H,7,11-12H2,1-3H3,(H,19,21)(H,20,22)/t14-/m0/s1. The highest BCUT2D eigenvalue weighted by Crippen LogP contribution is 2.08. The number of hydrogen-bond acceptors (Lipinski definition) is 4. The SMILES string of the molecule is CC(C)(C)OC(=O)N[C@@H](Cc1ccccc1)C(=O)NCCC#N. The number of nitrogens with zero attached hydrogens (tertiary/aromatic N) is 1. The van der Waals surface area contributed by atoms with E-state index in [1.165, 1.54) is 0 Å². The molecule has 23 heavy (non-hydrogen) atoms. The summed E-state index contributed by atoms with van der Waals surface area (Å²) >= 11 is 0. The van der Waals surface area contributed by atoms with Gasteiger partial charge in [-0.1, -0.05) is 30.3 Å². The summed E-state index contributed by atoms with van der Waals surface area (Å²) in [6, 6.07) is 10.6. The van der Waals surface area contributed by atoms with E-state index in [0.29, 0.717) is 6.42 Å². The van der Waals surface area contributed by atoms with E-state index >= 15 is 0 Å². The van der Waals surface area contributed by atoms with E-state index in [2.05, 4.69) is 10.6 Å². The Morgan fingerprint density at radius 2 is 1.91 bits per heavy atom. The van der Waals surface area contributed by atoms with Crippen LogP contribution in [-0.4, -0.2) is 30.2 Å². The summed E-state index contributed by atoms with van der Waals surface area (Å²) in [5.74, 6) is -0.338. The van der Waals surface area contributed by atoms with Crippen molar-refractivity contribution >= 4 is 12.0 Å². The van der Waals surface area contributed by atoms with E-state index in [1.807, 2.05) is 36.4 Å². The van der Waals surface area contributed by atoms with Crippen molar-refractivity contribution in [2.45, 2.75) is 45.3 Å². The van der Waals surface area contributed by atoms with E-state index in [1.54, 1.807) is 20.8 Å².